The normalized spacial score (nSPS) is 18.3. The number of nitrogens with zero attached hydrogens (tertiary/aromatic N) is 1. The van der Waals surface area contributed by atoms with Crippen molar-refractivity contribution < 1.29 is 14.3 Å². The van der Waals surface area contributed by atoms with Crippen LogP contribution in [0.25, 0.3) is 0 Å². The minimum atomic E-state index is -0.432. The molecule has 1 amide bonds. The molecule has 0 N–H and O–H groups in total. The Hall–Kier alpha value is -1.84. The van der Waals surface area contributed by atoms with Crippen LogP contribution in [0.4, 0.5) is 5.69 Å². The standard InChI is InChI=1S/C15H19NO3/c1-5-13-15(18)16(9(2)3)12-8-11(10(4)17)6-7-14(12)19-13/h6-9,13H,5H2,1-4H3. The fourth-order valence-corrected chi connectivity index (χ4v) is 2.29. The van der Waals surface area contributed by atoms with Gasteiger partial charge < -0.3 is 9.64 Å². The molecule has 1 atom stereocenters. The van der Waals surface area contributed by atoms with Crippen molar-refractivity contribution in [2.75, 3.05) is 4.90 Å². The summed E-state index contributed by atoms with van der Waals surface area (Å²) in [6.45, 7) is 7.36. The Morgan fingerprint density at radius 2 is 2.11 bits per heavy atom. The Labute approximate surface area is 113 Å². The summed E-state index contributed by atoms with van der Waals surface area (Å²) in [7, 11) is 0. The lowest BCUT2D eigenvalue weighted by molar-refractivity contribution is -0.126. The van der Waals surface area contributed by atoms with Gasteiger partial charge in [-0.05, 0) is 45.4 Å². The van der Waals surface area contributed by atoms with Crippen molar-refractivity contribution in [2.45, 2.75) is 46.3 Å². The highest BCUT2D eigenvalue weighted by atomic mass is 16.5. The van der Waals surface area contributed by atoms with Crippen LogP contribution in [0, 0.1) is 0 Å². The fourth-order valence-electron chi connectivity index (χ4n) is 2.29. The molecule has 0 fully saturated rings. The van der Waals surface area contributed by atoms with E-state index < -0.39 is 6.10 Å². The third kappa shape index (κ3) is 2.35. The Morgan fingerprint density at radius 3 is 2.63 bits per heavy atom. The van der Waals surface area contributed by atoms with E-state index in [9.17, 15) is 9.59 Å². The van der Waals surface area contributed by atoms with Gasteiger partial charge in [0.1, 0.15) is 5.75 Å². The number of benzene rings is 1. The van der Waals surface area contributed by atoms with Gasteiger partial charge in [0.2, 0.25) is 0 Å². The number of hydrogen-bond acceptors (Lipinski definition) is 3. The number of carbonyl (C=O) groups excluding carboxylic acids is 2. The molecule has 102 valence electrons. The van der Waals surface area contributed by atoms with Gasteiger partial charge in [-0.25, -0.2) is 0 Å². The van der Waals surface area contributed by atoms with Gasteiger partial charge in [0.25, 0.3) is 5.91 Å². The molecular formula is C15H19NO3. The summed E-state index contributed by atoms with van der Waals surface area (Å²) in [6.07, 6.45) is 0.203. The Kier molecular flexibility index (Phi) is 3.60. The number of fused-ring (bicyclic) bond motifs is 1. The molecule has 1 aromatic carbocycles. The molecule has 0 aliphatic carbocycles. The highest BCUT2D eigenvalue weighted by Crippen LogP contribution is 2.36. The highest BCUT2D eigenvalue weighted by Gasteiger charge is 2.34. The van der Waals surface area contributed by atoms with E-state index in [0.29, 0.717) is 23.4 Å². The summed E-state index contributed by atoms with van der Waals surface area (Å²) in [5.74, 6) is 0.618. The first-order valence-electron chi connectivity index (χ1n) is 6.60. The molecule has 4 nitrogen and oxygen atoms in total. The Bertz CT molecular complexity index is 522. The Balaban J connectivity index is 2.53. The van der Waals surface area contributed by atoms with E-state index in [1.54, 1.807) is 23.1 Å². The van der Waals surface area contributed by atoms with Gasteiger partial charge in [-0.2, -0.15) is 0 Å². The summed E-state index contributed by atoms with van der Waals surface area (Å²) in [6, 6.07) is 5.28. The van der Waals surface area contributed by atoms with Crippen LogP contribution in [-0.2, 0) is 4.79 Å². The van der Waals surface area contributed by atoms with Crippen LogP contribution < -0.4 is 9.64 Å². The molecule has 0 saturated carbocycles. The lowest BCUT2D eigenvalue weighted by Crippen LogP contribution is -2.48. The largest absolute Gasteiger partial charge is 0.478 e. The number of hydrogen-bond donors (Lipinski definition) is 0. The molecule has 0 saturated heterocycles. The lowest BCUT2D eigenvalue weighted by Gasteiger charge is -2.36. The van der Waals surface area contributed by atoms with E-state index in [4.69, 9.17) is 4.74 Å². The third-order valence-corrected chi connectivity index (χ3v) is 3.29. The number of ether oxygens (including phenoxy) is 1. The minimum Gasteiger partial charge on any atom is -0.478 e. The lowest BCUT2D eigenvalue weighted by atomic mass is 10.1. The number of rotatable bonds is 3. The minimum absolute atomic E-state index is 0.0171. The second-order valence-electron chi connectivity index (χ2n) is 5.06. The Morgan fingerprint density at radius 1 is 1.42 bits per heavy atom. The average molecular weight is 261 g/mol. The van der Waals surface area contributed by atoms with Crippen molar-refractivity contribution in [1.29, 1.82) is 0 Å². The molecular weight excluding hydrogens is 242 g/mol. The number of carbonyl (C=O) groups is 2. The molecule has 2 rings (SSSR count). The molecule has 1 heterocycles. The third-order valence-electron chi connectivity index (χ3n) is 3.29. The number of anilines is 1. The van der Waals surface area contributed by atoms with Gasteiger partial charge in [-0.1, -0.05) is 6.92 Å². The van der Waals surface area contributed by atoms with Crippen LogP contribution in [0.1, 0.15) is 44.5 Å². The predicted molar refractivity (Wildman–Crippen MR) is 73.8 cm³/mol. The van der Waals surface area contributed by atoms with Crippen molar-refractivity contribution in [1.82, 2.24) is 0 Å². The topological polar surface area (TPSA) is 46.6 Å². The molecule has 0 spiro atoms. The van der Waals surface area contributed by atoms with Crippen molar-refractivity contribution in [3.63, 3.8) is 0 Å². The van der Waals surface area contributed by atoms with E-state index in [-0.39, 0.29) is 17.7 Å². The van der Waals surface area contributed by atoms with Crippen molar-refractivity contribution in [2.24, 2.45) is 0 Å². The van der Waals surface area contributed by atoms with Gasteiger partial charge >= 0.3 is 0 Å². The van der Waals surface area contributed by atoms with Crippen molar-refractivity contribution >= 4 is 17.4 Å². The van der Waals surface area contributed by atoms with Crippen molar-refractivity contribution in [3.05, 3.63) is 23.8 Å². The van der Waals surface area contributed by atoms with Crippen LogP contribution in [0.5, 0.6) is 5.75 Å². The van der Waals surface area contributed by atoms with Crippen LogP contribution in [0.2, 0.25) is 0 Å². The van der Waals surface area contributed by atoms with Gasteiger partial charge in [-0.3, -0.25) is 9.59 Å². The maximum absolute atomic E-state index is 12.4. The SMILES string of the molecule is CCC1Oc2ccc(C(C)=O)cc2N(C(C)C)C1=O. The van der Waals surface area contributed by atoms with Crippen LogP contribution in [-0.4, -0.2) is 23.8 Å². The molecule has 1 aromatic rings. The van der Waals surface area contributed by atoms with Crippen LogP contribution in [0.3, 0.4) is 0 Å². The summed E-state index contributed by atoms with van der Waals surface area (Å²) < 4.78 is 5.71. The van der Waals surface area contributed by atoms with E-state index in [0.717, 1.165) is 0 Å². The van der Waals surface area contributed by atoms with Gasteiger partial charge in [0.05, 0.1) is 5.69 Å². The predicted octanol–water partition coefficient (Wildman–Crippen LogP) is 2.80. The highest BCUT2D eigenvalue weighted by molar-refractivity contribution is 6.02. The zero-order valence-electron chi connectivity index (χ0n) is 11.8. The van der Waals surface area contributed by atoms with E-state index in [1.807, 2.05) is 20.8 Å². The van der Waals surface area contributed by atoms with Gasteiger partial charge in [-0.15, -0.1) is 0 Å². The first-order chi connectivity index (χ1) is 8.95. The summed E-state index contributed by atoms with van der Waals surface area (Å²) in [4.78, 5) is 25.5. The van der Waals surface area contributed by atoms with Crippen LogP contribution in [0.15, 0.2) is 18.2 Å². The van der Waals surface area contributed by atoms with Gasteiger partial charge in [0.15, 0.2) is 11.9 Å². The number of amides is 1. The zero-order valence-corrected chi connectivity index (χ0v) is 11.8. The molecule has 0 bridgehead atoms. The fraction of sp³-hybridized carbons (Fsp3) is 0.467. The van der Waals surface area contributed by atoms with E-state index >= 15 is 0 Å². The van der Waals surface area contributed by atoms with E-state index in [2.05, 4.69) is 0 Å². The second-order valence-corrected chi connectivity index (χ2v) is 5.06. The molecule has 1 aliphatic rings. The molecule has 19 heavy (non-hydrogen) atoms. The molecule has 0 aromatic heterocycles. The van der Waals surface area contributed by atoms with Crippen LogP contribution >= 0.6 is 0 Å². The monoisotopic (exact) mass is 261 g/mol. The maximum atomic E-state index is 12.4. The molecule has 1 aliphatic heterocycles. The number of Topliss-reactive ketones (excluding diaryl/α,β-unsaturated/α-hetero) is 1. The first-order valence-corrected chi connectivity index (χ1v) is 6.60. The molecule has 0 radical (unpaired) electrons. The smallest absolute Gasteiger partial charge is 0.268 e. The van der Waals surface area contributed by atoms with Crippen molar-refractivity contribution in [3.8, 4) is 5.75 Å². The quantitative estimate of drug-likeness (QED) is 0.786. The first kappa shape index (κ1) is 13.6. The zero-order chi connectivity index (χ0) is 14.2. The average Bonchev–Trinajstić information content (AvgIpc) is 2.36. The van der Waals surface area contributed by atoms with Gasteiger partial charge in [0, 0.05) is 11.6 Å². The summed E-state index contributed by atoms with van der Waals surface area (Å²) >= 11 is 0. The summed E-state index contributed by atoms with van der Waals surface area (Å²) in [5.41, 5.74) is 1.29. The molecule has 4 heteroatoms. The second kappa shape index (κ2) is 5.03. The maximum Gasteiger partial charge on any atom is 0.268 e. The summed E-state index contributed by atoms with van der Waals surface area (Å²) in [5, 5.41) is 0. The molecule has 1 unspecified atom stereocenters. The van der Waals surface area contributed by atoms with E-state index in [1.165, 1.54) is 6.92 Å². The number of ketones is 1.